The van der Waals surface area contributed by atoms with Crippen LogP contribution in [0, 0.1) is 6.92 Å². The number of aromatic nitrogens is 2. The first kappa shape index (κ1) is 15.5. The summed E-state index contributed by atoms with van der Waals surface area (Å²) in [5, 5.41) is 1.07. The van der Waals surface area contributed by atoms with E-state index in [1.807, 2.05) is 34.9 Å². The van der Waals surface area contributed by atoms with Crippen molar-refractivity contribution >= 4 is 22.7 Å². The molecule has 0 saturated carbocycles. The van der Waals surface area contributed by atoms with Gasteiger partial charge in [0, 0.05) is 50.2 Å². The Bertz CT molecular complexity index is 731. The van der Waals surface area contributed by atoms with Crippen LogP contribution in [0.5, 0.6) is 0 Å². The van der Waals surface area contributed by atoms with Crippen molar-refractivity contribution in [2.75, 3.05) is 32.7 Å². The number of hydrogen-bond acceptors (Lipinski definition) is 4. The third-order valence-electron chi connectivity index (χ3n) is 4.35. The van der Waals surface area contributed by atoms with Crippen LogP contribution in [0.2, 0.25) is 0 Å². The third-order valence-corrected chi connectivity index (χ3v) is 4.35. The molecule has 1 fully saturated rings. The summed E-state index contributed by atoms with van der Waals surface area (Å²) in [6.45, 7) is 4.57. The van der Waals surface area contributed by atoms with Gasteiger partial charge in [0.2, 0.25) is 11.8 Å². The summed E-state index contributed by atoms with van der Waals surface area (Å²) in [6, 6.07) is 1.92. The zero-order valence-corrected chi connectivity index (χ0v) is 13.2. The van der Waals surface area contributed by atoms with Gasteiger partial charge in [0.15, 0.2) is 0 Å². The molecule has 1 aliphatic heterocycles. The van der Waals surface area contributed by atoms with Gasteiger partial charge in [-0.05, 0) is 18.6 Å². The minimum Gasteiger partial charge on any atom is -0.338 e. The van der Waals surface area contributed by atoms with Crippen molar-refractivity contribution in [1.82, 2.24) is 19.4 Å². The number of carbonyl (C=O) groups is 2. The van der Waals surface area contributed by atoms with E-state index in [-0.39, 0.29) is 18.4 Å². The first-order valence-corrected chi connectivity index (χ1v) is 7.75. The Morgan fingerprint density at radius 3 is 2.48 bits per heavy atom. The van der Waals surface area contributed by atoms with Gasteiger partial charge in [-0.2, -0.15) is 0 Å². The molecule has 2 N–H and O–H groups in total. The molecular formula is C16H21N5O2. The number of carbonyl (C=O) groups excluding carboxylic acids is 2. The maximum Gasteiger partial charge on any atom is 0.242 e. The molecule has 2 aromatic rings. The maximum atomic E-state index is 12.5. The molecule has 122 valence electrons. The van der Waals surface area contributed by atoms with Gasteiger partial charge < -0.3 is 20.1 Å². The first-order chi connectivity index (χ1) is 11.1. The second kappa shape index (κ2) is 6.37. The van der Waals surface area contributed by atoms with E-state index in [1.54, 1.807) is 11.1 Å². The number of nitrogens with two attached hydrogens (primary N) is 1. The monoisotopic (exact) mass is 315 g/mol. The number of amides is 2. The minimum absolute atomic E-state index is 0.0244. The summed E-state index contributed by atoms with van der Waals surface area (Å²) in [4.78, 5) is 31.8. The van der Waals surface area contributed by atoms with Crippen LogP contribution in [0.3, 0.4) is 0 Å². The fourth-order valence-electron chi connectivity index (χ4n) is 3.03. The highest BCUT2D eigenvalue weighted by Crippen LogP contribution is 2.19. The van der Waals surface area contributed by atoms with Crippen LogP contribution < -0.4 is 5.73 Å². The quantitative estimate of drug-likeness (QED) is 0.862. The molecule has 2 amide bonds. The summed E-state index contributed by atoms with van der Waals surface area (Å²) in [6.07, 6.45) is 5.54. The Balaban J connectivity index is 1.67. The second-order valence-electron chi connectivity index (χ2n) is 5.80. The molecule has 0 aliphatic carbocycles. The van der Waals surface area contributed by atoms with E-state index in [4.69, 9.17) is 5.73 Å². The maximum absolute atomic E-state index is 12.5. The van der Waals surface area contributed by atoms with Crippen molar-refractivity contribution in [3.8, 4) is 0 Å². The number of rotatable bonds is 3. The number of nitrogens with zero attached hydrogens (tertiary/aromatic N) is 4. The fraction of sp³-hybridized carbons (Fsp3) is 0.438. The Hall–Kier alpha value is -2.41. The van der Waals surface area contributed by atoms with E-state index in [0.29, 0.717) is 32.7 Å². The minimum atomic E-state index is -0.0587. The highest BCUT2D eigenvalue weighted by atomic mass is 16.2. The summed E-state index contributed by atoms with van der Waals surface area (Å²) in [5.74, 6) is 0.00943. The molecule has 0 unspecified atom stereocenters. The van der Waals surface area contributed by atoms with Crippen molar-refractivity contribution in [3.05, 3.63) is 30.2 Å². The lowest BCUT2D eigenvalue weighted by atomic mass is 10.2. The van der Waals surface area contributed by atoms with Gasteiger partial charge in [-0.15, -0.1) is 0 Å². The lowest BCUT2D eigenvalue weighted by molar-refractivity contribution is -0.139. The molecule has 0 atom stereocenters. The molecule has 3 heterocycles. The van der Waals surface area contributed by atoms with Crippen molar-refractivity contribution in [2.45, 2.75) is 13.5 Å². The zero-order valence-electron chi connectivity index (χ0n) is 13.2. The summed E-state index contributed by atoms with van der Waals surface area (Å²) < 4.78 is 1.96. The lowest BCUT2D eigenvalue weighted by Gasteiger charge is -2.34. The Morgan fingerprint density at radius 1 is 1.17 bits per heavy atom. The van der Waals surface area contributed by atoms with Crippen molar-refractivity contribution in [1.29, 1.82) is 0 Å². The molecule has 0 radical (unpaired) electrons. The lowest BCUT2D eigenvalue weighted by Crippen LogP contribution is -2.52. The van der Waals surface area contributed by atoms with Crippen molar-refractivity contribution < 1.29 is 9.59 Å². The van der Waals surface area contributed by atoms with Gasteiger partial charge in [0.1, 0.15) is 6.54 Å². The van der Waals surface area contributed by atoms with Crippen LogP contribution in [0.1, 0.15) is 5.56 Å². The number of pyridine rings is 1. The average Bonchev–Trinajstić information content (AvgIpc) is 2.90. The molecule has 1 aliphatic rings. The molecule has 2 aromatic heterocycles. The SMILES string of the molecule is Cc1cn(CC(=O)N2CCN(C(=O)CN)CC2)c2ccncc12. The molecule has 1 saturated heterocycles. The second-order valence-corrected chi connectivity index (χ2v) is 5.80. The average molecular weight is 315 g/mol. The Labute approximate surface area is 134 Å². The molecule has 0 spiro atoms. The van der Waals surface area contributed by atoms with Crippen LogP contribution in [0.15, 0.2) is 24.7 Å². The van der Waals surface area contributed by atoms with Crippen LogP contribution in [-0.2, 0) is 16.1 Å². The molecule has 23 heavy (non-hydrogen) atoms. The van der Waals surface area contributed by atoms with Crippen molar-refractivity contribution in [2.24, 2.45) is 5.73 Å². The number of fused-ring (bicyclic) bond motifs is 1. The smallest absolute Gasteiger partial charge is 0.242 e. The van der Waals surface area contributed by atoms with E-state index in [1.165, 1.54) is 0 Å². The number of piperazine rings is 1. The van der Waals surface area contributed by atoms with Crippen LogP contribution in [-0.4, -0.2) is 63.9 Å². The van der Waals surface area contributed by atoms with Gasteiger partial charge in [0.25, 0.3) is 0 Å². The summed E-state index contributed by atoms with van der Waals surface area (Å²) in [7, 11) is 0. The number of hydrogen-bond donors (Lipinski definition) is 1. The fourth-order valence-corrected chi connectivity index (χ4v) is 3.03. The molecule has 3 rings (SSSR count). The third kappa shape index (κ3) is 3.05. The van der Waals surface area contributed by atoms with Gasteiger partial charge in [-0.1, -0.05) is 0 Å². The van der Waals surface area contributed by atoms with E-state index >= 15 is 0 Å². The van der Waals surface area contributed by atoms with Gasteiger partial charge in [-0.3, -0.25) is 14.6 Å². The zero-order chi connectivity index (χ0) is 16.4. The molecular weight excluding hydrogens is 294 g/mol. The molecule has 7 heteroatoms. The summed E-state index contributed by atoms with van der Waals surface area (Å²) in [5.41, 5.74) is 7.50. The van der Waals surface area contributed by atoms with Gasteiger partial charge in [0.05, 0.1) is 12.1 Å². The Kier molecular flexibility index (Phi) is 4.29. The largest absolute Gasteiger partial charge is 0.338 e. The molecule has 7 nitrogen and oxygen atoms in total. The molecule has 0 bridgehead atoms. The normalized spacial score (nSPS) is 15.2. The highest BCUT2D eigenvalue weighted by Gasteiger charge is 2.23. The van der Waals surface area contributed by atoms with Crippen LogP contribution in [0.4, 0.5) is 0 Å². The first-order valence-electron chi connectivity index (χ1n) is 7.75. The number of aryl methyl sites for hydroxylation is 1. The van der Waals surface area contributed by atoms with Crippen molar-refractivity contribution in [3.63, 3.8) is 0 Å². The van der Waals surface area contributed by atoms with E-state index < -0.39 is 0 Å². The standard InChI is InChI=1S/C16H21N5O2/c1-12-10-21(14-2-3-18-9-13(12)14)11-16(23)20-6-4-19(5-7-20)15(22)8-17/h2-3,9-10H,4-8,11,17H2,1H3. The topological polar surface area (TPSA) is 84.5 Å². The van der Waals surface area contributed by atoms with E-state index in [2.05, 4.69) is 4.98 Å². The highest BCUT2D eigenvalue weighted by molar-refractivity contribution is 5.85. The van der Waals surface area contributed by atoms with Gasteiger partial charge >= 0.3 is 0 Å². The predicted octanol–water partition coefficient (Wildman–Crippen LogP) is -0.0258. The van der Waals surface area contributed by atoms with E-state index in [9.17, 15) is 9.59 Å². The Morgan fingerprint density at radius 2 is 1.83 bits per heavy atom. The van der Waals surface area contributed by atoms with Crippen LogP contribution in [0.25, 0.3) is 10.9 Å². The summed E-state index contributed by atoms with van der Waals surface area (Å²) >= 11 is 0. The van der Waals surface area contributed by atoms with E-state index in [0.717, 1.165) is 16.5 Å². The predicted molar refractivity (Wildman–Crippen MR) is 86.7 cm³/mol. The van der Waals surface area contributed by atoms with Crippen LogP contribution >= 0.6 is 0 Å². The van der Waals surface area contributed by atoms with Gasteiger partial charge in [-0.25, -0.2) is 0 Å². The molecule has 0 aromatic carbocycles.